The van der Waals surface area contributed by atoms with Crippen molar-refractivity contribution in [3.63, 3.8) is 0 Å². The molecule has 2 heteroatoms. The van der Waals surface area contributed by atoms with E-state index in [9.17, 15) is 5.11 Å². The van der Waals surface area contributed by atoms with Crippen LogP contribution in [-0.2, 0) is 5.60 Å². The smallest absolute Gasteiger partial charge is 0.102 e. The van der Waals surface area contributed by atoms with Gasteiger partial charge in [0.15, 0.2) is 0 Å². The Labute approximate surface area is 117 Å². The van der Waals surface area contributed by atoms with Crippen LogP contribution >= 0.6 is 0 Å². The van der Waals surface area contributed by atoms with Crippen molar-refractivity contribution < 1.29 is 5.11 Å². The van der Waals surface area contributed by atoms with Gasteiger partial charge < -0.3 is 10.4 Å². The Morgan fingerprint density at radius 3 is 2.53 bits per heavy atom. The predicted molar refractivity (Wildman–Crippen MR) is 80.0 cm³/mol. The molecule has 0 aromatic heterocycles. The fourth-order valence-electron chi connectivity index (χ4n) is 3.38. The quantitative estimate of drug-likeness (QED) is 0.851. The highest BCUT2D eigenvalue weighted by molar-refractivity contribution is 5.24. The molecule has 1 fully saturated rings. The molecule has 1 aliphatic rings. The van der Waals surface area contributed by atoms with Gasteiger partial charge in [0.2, 0.25) is 0 Å². The van der Waals surface area contributed by atoms with Crippen molar-refractivity contribution in [3.8, 4) is 0 Å². The second kappa shape index (κ2) is 6.06. The van der Waals surface area contributed by atoms with Gasteiger partial charge in [0.1, 0.15) is 5.60 Å². The fourth-order valence-corrected chi connectivity index (χ4v) is 3.38. The van der Waals surface area contributed by atoms with Crippen molar-refractivity contribution in [1.82, 2.24) is 5.32 Å². The van der Waals surface area contributed by atoms with Gasteiger partial charge in [-0.1, -0.05) is 57.0 Å². The average molecular weight is 261 g/mol. The number of nitrogens with one attached hydrogen (secondary N) is 1. The van der Waals surface area contributed by atoms with Crippen LogP contribution in [0.4, 0.5) is 0 Å². The zero-order valence-corrected chi connectivity index (χ0v) is 12.4. The normalized spacial score (nSPS) is 30.2. The molecule has 2 nitrogen and oxygen atoms in total. The number of rotatable bonds is 5. The summed E-state index contributed by atoms with van der Waals surface area (Å²) in [5.74, 6) is 0.695. The van der Waals surface area contributed by atoms with E-state index >= 15 is 0 Å². The Balaban J connectivity index is 2.14. The molecular weight excluding hydrogens is 234 g/mol. The van der Waals surface area contributed by atoms with Crippen molar-refractivity contribution >= 4 is 0 Å². The largest absolute Gasteiger partial charge is 0.384 e. The molecule has 0 radical (unpaired) electrons. The van der Waals surface area contributed by atoms with Gasteiger partial charge in [-0.3, -0.25) is 0 Å². The van der Waals surface area contributed by atoms with Gasteiger partial charge in [0, 0.05) is 12.1 Å². The maximum atomic E-state index is 10.9. The van der Waals surface area contributed by atoms with Gasteiger partial charge in [-0.2, -0.15) is 0 Å². The van der Waals surface area contributed by atoms with Crippen LogP contribution in [0.25, 0.3) is 0 Å². The first kappa shape index (κ1) is 14.5. The van der Waals surface area contributed by atoms with Crippen LogP contribution in [0.5, 0.6) is 0 Å². The van der Waals surface area contributed by atoms with Crippen LogP contribution in [0.15, 0.2) is 30.3 Å². The fraction of sp³-hybridized carbons (Fsp3) is 0.647. The lowest BCUT2D eigenvalue weighted by molar-refractivity contribution is 0.0194. The molecule has 0 spiro atoms. The van der Waals surface area contributed by atoms with Gasteiger partial charge in [0.05, 0.1) is 0 Å². The Morgan fingerprint density at radius 2 is 1.95 bits per heavy atom. The Bertz CT molecular complexity index is 388. The monoisotopic (exact) mass is 261 g/mol. The highest BCUT2D eigenvalue weighted by atomic mass is 16.3. The minimum atomic E-state index is -0.781. The summed E-state index contributed by atoms with van der Waals surface area (Å²) in [6.07, 6.45) is 4.68. The standard InChI is InChI=1S/C17H27NO/c1-4-9-15-13(5-2)12-16(18-15)17(3,19)14-10-7-6-8-11-14/h6-8,10-11,13,15-16,18-19H,4-5,9,12H2,1-3H3/t13?,15?,16-,17+/m0/s1. The first-order chi connectivity index (χ1) is 9.09. The van der Waals surface area contributed by atoms with Crippen molar-refractivity contribution in [2.75, 3.05) is 0 Å². The van der Waals surface area contributed by atoms with Gasteiger partial charge in [0.25, 0.3) is 0 Å². The van der Waals surface area contributed by atoms with E-state index in [1.165, 1.54) is 19.3 Å². The molecule has 0 saturated carbocycles. The lowest BCUT2D eigenvalue weighted by atomic mass is 9.84. The molecule has 1 aromatic rings. The second-order valence-corrected chi connectivity index (χ2v) is 6.03. The minimum Gasteiger partial charge on any atom is -0.384 e. The summed E-state index contributed by atoms with van der Waals surface area (Å²) in [6, 6.07) is 10.8. The van der Waals surface area contributed by atoms with E-state index in [4.69, 9.17) is 0 Å². The van der Waals surface area contributed by atoms with Crippen LogP contribution in [0.3, 0.4) is 0 Å². The SMILES string of the molecule is CCCC1N[C@H]([C@](C)(O)c2ccccc2)CC1CC. The average Bonchev–Trinajstić information content (AvgIpc) is 2.84. The first-order valence-corrected chi connectivity index (χ1v) is 7.63. The Hall–Kier alpha value is -0.860. The molecular formula is C17H27NO. The minimum absolute atomic E-state index is 0.163. The highest BCUT2D eigenvalue weighted by Gasteiger charge is 2.42. The molecule has 1 aliphatic heterocycles. The van der Waals surface area contributed by atoms with Gasteiger partial charge in [-0.15, -0.1) is 0 Å². The molecule has 2 unspecified atom stereocenters. The zero-order valence-electron chi connectivity index (χ0n) is 12.4. The van der Waals surface area contributed by atoms with Crippen LogP contribution in [0.2, 0.25) is 0 Å². The lowest BCUT2D eigenvalue weighted by Gasteiger charge is -2.31. The molecule has 0 amide bonds. The Kier molecular flexibility index (Phi) is 4.64. The summed E-state index contributed by atoms with van der Waals surface area (Å²) < 4.78 is 0. The van der Waals surface area contributed by atoms with Crippen LogP contribution < -0.4 is 5.32 Å². The zero-order chi connectivity index (χ0) is 13.9. The van der Waals surface area contributed by atoms with Crippen molar-refractivity contribution in [1.29, 1.82) is 0 Å². The summed E-state index contributed by atoms with van der Waals surface area (Å²) in [4.78, 5) is 0. The summed E-state index contributed by atoms with van der Waals surface area (Å²) in [5.41, 5.74) is 0.233. The Morgan fingerprint density at radius 1 is 1.26 bits per heavy atom. The van der Waals surface area contributed by atoms with E-state index in [-0.39, 0.29) is 6.04 Å². The van der Waals surface area contributed by atoms with Gasteiger partial charge in [-0.25, -0.2) is 0 Å². The highest BCUT2D eigenvalue weighted by Crippen LogP contribution is 2.36. The van der Waals surface area contributed by atoms with Crippen molar-refractivity contribution in [3.05, 3.63) is 35.9 Å². The molecule has 1 heterocycles. The van der Waals surface area contributed by atoms with Gasteiger partial charge in [-0.05, 0) is 31.2 Å². The maximum Gasteiger partial charge on any atom is 0.102 e. The molecule has 19 heavy (non-hydrogen) atoms. The third-order valence-electron chi connectivity index (χ3n) is 4.68. The second-order valence-electron chi connectivity index (χ2n) is 6.03. The van der Waals surface area contributed by atoms with E-state index in [0.717, 1.165) is 12.0 Å². The van der Waals surface area contributed by atoms with E-state index < -0.39 is 5.60 Å². The van der Waals surface area contributed by atoms with Crippen LogP contribution in [0.1, 0.15) is 52.0 Å². The maximum absolute atomic E-state index is 10.9. The molecule has 2 rings (SSSR count). The molecule has 106 valence electrons. The molecule has 0 bridgehead atoms. The lowest BCUT2D eigenvalue weighted by Crippen LogP contribution is -2.45. The third kappa shape index (κ3) is 3.01. The van der Waals surface area contributed by atoms with E-state index in [2.05, 4.69) is 19.2 Å². The number of benzene rings is 1. The van der Waals surface area contributed by atoms with Crippen molar-refractivity contribution in [2.45, 2.75) is 64.1 Å². The molecule has 1 aromatic carbocycles. The van der Waals surface area contributed by atoms with E-state index in [1.807, 2.05) is 37.3 Å². The molecule has 1 saturated heterocycles. The molecule has 2 N–H and O–H groups in total. The summed E-state index contributed by atoms with van der Waals surface area (Å²) in [6.45, 7) is 6.44. The molecule has 0 aliphatic carbocycles. The van der Waals surface area contributed by atoms with Crippen LogP contribution in [-0.4, -0.2) is 17.2 Å². The number of hydrogen-bond donors (Lipinski definition) is 2. The topological polar surface area (TPSA) is 32.3 Å². The first-order valence-electron chi connectivity index (χ1n) is 7.63. The van der Waals surface area contributed by atoms with Crippen molar-refractivity contribution in [2.24, 2.45) is 5.92 Å². The number of hydrogen-bond acceptors (Lipinski definition) is 2. The van der Waals surface area contributed by atoms with E-state index in [1.54, 1.807) is 0 Å². The molecule has 4 atom stereocenters. The van der Waals surface area contributed by atoms with Gasteiger partial charge >= 0.3 is 0 Å². The third-order valence-corrected chi connectivity index (χ3v) is 4.68. The summed E-state index contributed by atoms with van der Waals surface area (Å²) in [7, 11) is 0. The number of aliphatic hydroxyl groups is 1. The summed E-state index contributed by atoms with van der Waals surface area (Å²) in [5, 5.41) is 14.6. The predicted octanol–water partition coefficient (Wildman–Crippen LogP) is 3.45. The van der Waals surface area contributed by atoms with Crippen LogP contribution in [0, 0.1) is 5.92 Å². The summed E-state index contributed by atoms with van der Waals surface area (Å²) >= 11 is 0. The van der Waals surface area contributed by atoms with E-state index in [0.29, 0.717) is 12.0 Å².